The van der Waals surface area contributed by atoms with Gasteiger partial charge in [-0.2, -0.15) is 15.2 Å². The van der Waals surface area contributed by atoms with Crippen LogP contribution in [0.15, 0.2) is 48.8 Å². The number of carbonyl (C=O) groups is 1. The van der Waals surface area contributed by atoms with Crippen molar-refractivity contribution in [3.05, 3.63) is 65.6 Å². The van der Waals surface area contributed by atoms with Crippen molar-refractivity contribution in [3.63, 3.8) is 0 Å². The van der Waals surface area contributed by atoms with Gasteiger partial charge < -0.3 is 19.4 Å². The molecule has 2 saturated heterocycles. The molecule has 2 aromatic carbocycles. The predicted molar refractivity (Wildman–Crippen MR) is 185 cm³/mol. The minimum Gasteiger partial charge on any atom is -0.462 e. The lowest BCUT2D eigenvalue weighted by molar-refractivity contribution is -0.131. The maximum absolute atomic E-state index is 14.5. The third-order valence-corrected chi connectivity index (χ3v) is 12.1. The van der Waals surface area contributed by atoms with Crippen LogP contribution in [0.3, 0.4) is 0 Å². The van der Waals surface area contributed by atoms with Crippen LogP contribution in [0.25, 0.3) is 10.8 Å². The van der Waals surface area contributed by atoms with Crippen molar-refractivity contribution in [2.24, 2.45) is 0 Å². The molecule has 9 nitrogen and oxygen atoms in total. The number of hydrogen-bond acceptors (Lipinski definition) is 9. The molecule has 4 heterocycles. The number of halogens is 2. The summed E-state index contributed by atoms with van der Waals surface area (Å²) in [6.45, 7) is 10.6. The Kier molecular flexibility index (Phi) is 8.48. The number of nitriles is 1. The van der Waals surface area contributed by atoms with Crippen molar-refractivity contribution in [1.82, 2.24) is 19.8 Å². The van der Waals surface area contributed by atoms with E-state index in [0.717, 1.165) is 29.3 Å². The number of rotatable bonds is 10. The van der Waals surface area contributed by atoms with Gasteiger partial charge >= 0.3 is 6.01 Å². The lowest BCUT2D eigenvalue weighted by Gasteiger charge is -2.42. The summed E-state index contributed by atoms with van der Waals surface area (Å²) in [7, 11) is 1.98. The van der Waals surface area contributed by atoms with Crippen LogP contribution in [-0.4, -0.2) is 93.9 Å². The van der Waals surface area contributed by atoms with E-state index in [1.54, 1.807) is 11.8 Å². The van der Waals surface area contributed by atoms with Crippen LogP contribution >= 0.6 is 11.8 Å². The number of hydrogen-bond donors (Lipinski definition) is 0. The maximum Gasteiger partial charge on any atom is 0.318 e. The Balaban J connectivity index is 1.18. The molecular formula is C36H41F2N7O2S. The van der Waals surface area contributed by atoms with Gasteiger partial charge in [-0.25, -0.2) is 8.78 Å². The number of nitrogens with zero attached hydrogens (tertiary/aromatic N) is 7. The molecule has 7 rings (SSSR count). The van der Waals surface area contributed by atoms with E-state index in [2.05, 4.69) is 77.6 Å². The molecule has 252 valence electrons. The summed E-state index contributed by atoms with van der Waals surface area (Å²) < 4.78 is 34.8. The number of alkyl halides is 1. The molecule has 1 saturated carbocycles. The number of amides is 1. The fourth-order valence-electron chi connectivity index (χ4n) is 7.24. The van der Waals surface area contributed by atoms with Crippen LogP contribution in [0.5, 0.6) is 6.01 Å². The van der Waals surface area contributed by atoms with E-state index < -0.39 is 23.4 Å². The van der Waals surface area contributed by atoms with Crippen LogP contribution in [0.1, 0.15) is 43.0 Å². The summed E-state index contributed by atoms with van der Waals surface area (Å²) in [5.41, 5.74) is 3.19. The highest BCUT2D eigenvalue weighted by Crippen LogP contribution is 2.56. The average Bonchev–Trinajstić information content (AvgIpc) is 3.98. The molecule has 0 bridgehead atoms. The van der Waals surface area contributed by atoms with Gasteiger partial charge in [-0.1, -0.05) is 36.9 Å². The molecule has 1 aliphatic carbocycles. The molecule has 3 atom stereocenters. The van der Waals surface area contributed by atoms with E-state index in [9.17, 15) is 18.8 Å². The zero-order chi connectivity index (χ0) is 33.8. The van der Waals surface area contributed by atoms with E-state index >= 15 is 0 Å². The molecule has 12 heteroatoms. The van der Waals surface area contributed by atoms with Crippen molar-refractivity contribution >= 4 is 39.9 Å². The molecule has 1 unspecified atom stereocenters. The minimum absolute atomic E-state index is 0.0610. The van der Waals surface area contributed by atoms with Gasteiger partial charge in [-0.3, -0.25) is 9.69 Å². The number of carbonyl (C=O) groups excluding carboxylic acids is 1. The fraction of sp³-hybridized carbons (Fsp3) is 0.500. The van der Waals surface area contributed by atoms with Crippen molar-refractivity contribution < 1.29 is 18.3 Å². The summed E-state index contributed by atoms with van der Waals surface area (Å²) in [6, 6.07) is 14.6. The van der Waals surface area contributed by atoms with Gasteiger partial charge in [0.05, 0.1) is 40.9 Å². The van der Waals surface area contributed by atoms with Gasteiger partial charge in [0, 0.05) is 49.4 Å². The summed E-state index contributed by atoms with van der Waals surface area (Å²) in [5.74, 6) is -1.08. The Morgan fingerprint density at radius 2 is 1.96 bits per heavy atom. The highest BCUT2D eigenvalue weighted by atomic mass is 32.2. The Morgan fingerprint density at radius 1 is 1.19 bits per heavy atom. The number of aryl methyl sites for hydroxylation is 1. The van der Waals surface area contributed by atoms with Gasteiger partial charge in [0.15, 0.2) is 5.83 Å². The van der Waals surface area contributed by atoms with Gasteiger partial charge in [0.25, 0.3) is 5.91 Å². The largest absolute Gasteiger partial charge is 0.462 e. The van der Waals surface area contributed by atoms with E-state index in [1.807, 2.05) is 7.05 Å². The number of ether oxygens (including phenoxy) is 1. The third kappa shape index (κ3) is 6.18. The second-order valence-electron chi connectivity index (χ2n) is 13.7. The first kappa shape index (κ1) is 32.6. The molecule has 1 aromatic heterocycles. The topological polar surface area (TPSA) is 88.8 Å². The zero-order valence-electron chi connectivity index (χ0n) is 27.7. The first-order valence-corrected chi connectivity index (χ1v) is 17.5. The molecular weight excluding hydrogens is 633 g/mol. The summed E-state index contributed by atoms with van der Waals surface area (Å²) in [4.78, 5) is 30.2. The van der Waals surface area contributed by atoms with Crippen LogP contribution in [-0.2, 0) is 17.8 Å². The van der Waals surface area contributed by atoms with Gasteiger partial charge in [-0.15, -0.1) is 11.8 Å². The van der Waals surface area contributed by atoms with Crippen LogP contribution < -0.4 is 14.5 Å². The van der Waals surface area contributed by atoms with E-state index in [4.69, 9.17) is 14.7 Å². The lowest BCUT2D eigenvalue weighted by Crippen LogP contribution is -2.55. The second-order valence-corrected chi connectivity index (χ2v) is 15.4. The molecule has 4 aliphatic rings. The minimum atomic E-state index is -1.06. The van der Waals surface area contributed by atoms with Gasteiger partial charge in [-0.05, 0) is 57.2 Å². The normalized spacial score (nSPS) is 24.3. The van der Waals surface area contributed by atoms with Crippen molar-refractivity contribution in [1.29, 1.82) is 5.26 Å². The summed E-state index contributed by atoms with van der Waals surface area (Å²) in [5, 5.41) is 12.1. The number of fused-ring (bicyclic) bond motifs is 2. The average molecular weight is 674 g/mol. The van der Waals surface area contributed by atoms with Gasteiger partial charge in [0.1, 0.15) is 18.1 Å². The predicted octanol–water partition coefficient (Wildman–Crippen LogP) is 5.56. The number of aromatic nitrogens is 2. The molecule has 0 N–H and O–H groups in total. The second kappa shape index (κ2) is 12.5. The Morgan fingerprint density at radius 3 is 2.69 bits per heavy atom. The van der Waals surface area contributed by atoms with Crippen LogP contribution in [0.4, 0.5) is 20.3 Å². The Labute approximate surface area is 284 Å². The smallest absolute Gasteiger partial charge is 0.318 e. The lowest BCUT2D eigenvalue weighted by atomic mass is 9.99. The molecule has 3 fully saturated rings. The van der Waals surface area contributed by atoms with E-state index in [0.29, 0.717) is 52.0 Å². The molecule has 0 radical (unpaired) electrons. The highest BCUT2D eigenvalue weighted by Gasteiger charge is 2.58. The number of benzene rings is 2. The maximum atomic E-state index is 14.5. The number of piperazine rings is 1. The Bertz CT molecular complexity index is 1810. The van der Waals surface area contributed by atoms with Gasteiger partial charge in [0.2, 0.25) is 0 Å². The van der Waals surface area contributed by atoms with Crippen LogP contribution in [0, 0.1) is 18.3 Å². The number of thioether (sulfide) groups is 1. The highest BCUT2D eigenvalue weighted by molar-refractivity contribution is 8.08. The summed E-state index contributed by atoms with van der Waals surface area (Å²) in [6.07, 6.45) is 2.01. The van der Waals surface area contributed by atoms with E-state index in [-0.39, 0.29) is 29.1 Å². The molecule has 1 amide bonds. The standard InChI is InChI=1S/C36H41F2N7O2S/c1-23-7-5-8-25-9-6-10-29(31(23)25)43-16-12-27-28(20-43)40-34(47-21-30-35(3,48-30)42(4)22-36(38)13-14-36)41-32(27)44-17-18-45(33(46)24(2)37)26(19-44)11-15-39/h5-10,26,30H,2,11-14,16-22H2,1,3-4H3/t26-,30?,35-/m0/s1. The molecule has 0 spiro atoms. The first-order valence-electron chi connectivity index (χ1n) is 16.6. The fourth-order valence-corrected chi connectivity index (χ4v) is 8.38. The molecule has 3 aromatic rings. The van der Waals surface area contributed by atoms with Crippen LogP contribution in [0.2, 0.25) is 0 Å². The third-order valence-electron chi connectivity index (χ3n) is 10.4. The number of anilines is 2. The molecule has 3 aliphatic heterocycles. The zero-order valence-corrected chi connectivity index (χ0v) is 28.5. The van der Waals surface area contributed by atoms with Crippen molar-refractivity contribution in [3.8, 4) is 12.1 Å². The SMILES string of the molecule is C=C(F)C(=O)N1CCN(c2nc(OCC3S[C@]3(C)N(C)CC3(F)CC3)nc3c2CCN(c2cccc4cccc(C)c24)C3)C[C@@H]1CC#N. The first-order chi connectivity index (χ1) is 23.0. The summed E-state index contributed by atoms with van der Waals surface area (Å²) >= 11 is 1.76. The quantitative estimate of drug-likeness (QED) is 0.203. The van der Waals surface area contributed by atoms with Crippen molar-refractivity contribution in [2.45, 2.75) is 67.9 Å². The monoisotopic (exact) mass is 673 g/mol. The van der Waals surface area contributed by atoms with E-state index in [1.165, 1.54) is 21.2 Å². The van der Waals surface area contributed by atoms with Crippen molar-refractivity contribution in [2.75, 3.05) is 56.2 Å². The Hall–Kier alpha value is -3.95. The molecule has 48 heavy (non-hydrogen) atoms.